The molecule has 0 N–H and O–H groups in total. The van der Waals surface area contributed by atoms with Gasteiger partial charge in [-0.05, 0) is 30.3 Å². The van der Waals surface area contributed by atoms with Crippen LogP contribution >= 0.6 is 11.6 Å². The zero-order valence-electron chi connectivity index (χ0n) is 14.0. The molecule has 0 spiro atoms. The Balaban J connectivity index is 1.82. The number of aromatic nitrogens is 2. The van der Waals surface area contributed by atoms with E-state index in [0.717, 1.165) is 5.69 Å². The highest BCUT2D eigenvalue weighted by atomic mass is 35.5. The lowest BCUT2D eigenvalue weighted by atomic mass is 10.2. The minimum atomic E-state index is -0.341. The molecular formula is C20H17ClFN3O. The van der Waals surface area contributed by atoms with Gasteiger partial charge in [-0.3, -0.25) is 4.79 Å². The Kier molecular flexibility index (Phi) is 5.49. The van der Waals surface area contributed by atoms with E-state index in [1.165, 1.54) is 17.2 Å². The Hall–Kier alpha value is -2.92. The van der Waals surface area contributed by atoms with Gasteiger partial charge in [-0.25, -0.2) is 9.07 Å². The van der Waals surface area contributed by atoms with Gasteiger partial charge in [-0.2, -0.15) is 5.10 Å². The van der Waals surface area contributed by atoms with Crippen LogP contribution in [-0.2, 0) is 6.54 Å². The summed E-state index contributed by atoms with van der Waals surface area (Å²) < 4.78 is 15.5. The van der Waals surface area contributed by atoms with Crippen LogP contribution in [0, 0.1) is 5.82 Å². The zero-order valence-corrected chi connectivity index (χ0v) is 14.7. The number of nitrogens with zero attached hydrogens (tertiary/aromatic N) is 3. The van der Waals surface area contributed by atoms with Gasteiger partial charge in [0.15, 0.2) is 0 Å². The first-order valence-corrected chi connectivity index (χ1v) is 8.40. The predicted molar refractivity (Wildman–Crippen MR) is 99.9 cm³/mol. The van der Waals surface area contributed by atoms with Crippen LogP contribution in [-0.4, -0.2) is 27.1 Å². The van der Waals surface area contributed by atoms with E-state index in [9.17, 15) is 9.18 Å². The molecule has 132 valence electrons. The first-order valence-electron chi connectivity index (χ1n) is 8.02. The van der Waals surface area contributed by atoms with E-state index < -0.39 is 0 Å². The lowest BCUT2D eigenvalue weighted by Gasteiger charge is -2.20. The first kappa shape index (κ1) is 17.9. The Labute approximate surface area is 156 Å². The maximum Gasteiger partial charge on any atom is 0.257 e. The topological polar surface area (TPSA) is 38.1 Å². The summed E-state index contributed by atoms with van der Waals surface area (Å²) in [6.45, 7) is 4.14. The molecule has 0 fully saturated rings. The molecule has 0 saturated heterocycles. The molecule has 1 aromatic heterocycles. The fourth-order valence-corrected chi connectivity index (χ4v) is 2.68. The monoisotopic (exact) mass is 369 g/mol. The number of rotatable bonds is 6. The highest BCUT2D eigenvalue weighted by Crippen LogP contribution is 2.16. The molecule has 1 amide bonds. The average Bonchev–Trinajstić information content (AvgIpc) is 3.13. The van der Waals surface area contributed by atoms with Gasteiger partial charge >= 0.3 is 0 Å². The molecule has 0 aliphatic carbocycles. The lowest BCUT2D eigenvalue weighted by Crippen LogP contribution is -2.30. The van der Waals surface area contributed by atoms with E-state index in [1.807, 2.05) is 12.1 Å². The van der Waals surface area contributed by atoms with Gasteiger partial charge in [-0.15, -0.1) is 6.58 Å². The van der Waals surface area contributed by atoms with Crippen molar-refractivity contribution in [2.45, 2.75) is 6.54 Å². The summed E-state index contributed by atoms with van der Waals surface area (Å²) >= 11 is 5.89. The van der Waals surface area contributed by atoms with Crippen molar-refractivity contribution in [1.29, 1.82) is 0 Å². The van der Waals surface area contributed by atoms with Crippen LogP contribution < -0.4 is 0 Å². The van der Waals surface area contributed by atoms with E-state index in [2.05, 4.69) is 11.7 Å². The minimum absolute atomic E-state index is 0.156. The summed E-state index contributed by atoms with van der Waals surface area (Å²) in [6.07, 6.45) is 4.75. The van der Waals surface area contributed by atoms with E-state index in [1.54, 1.807) is 47.3 Å². The van der Waals surface area contributed by atoms with Crippen LogP contribution in [0.15, 0.2) is 73.6 Å². The third-order valence-corrected chi connectivity index (χ3v) is 4.13. The van der Waals surface area contributed by atoms with Gasteiger partial charge in [0, 0.05) is 29.9 Å². The molecule has 1 heterocycles. The second-order valence-corrected chi connectivity index (χ2v) is 6.15. The quantitative estimate of drug-likeness (QED) is 0.600. The van der Waals surface area contributed by atoms with Crippen molar-refractivity contribution in [3.63, 3.8) is 0 Å². The SMILES string of the molecule is C=CCN(Cc1ccccc1F)C(=O)c1cnn(-c2ccc(Cl)cc2)c1. The molecule has 3 rings (SSSR count). The molecule has 0 unspecified atom stereocenters. The highest BCUT2D eigenvalue weighted by molar-refractivity contribution is 6.30. The van der Waals surface area contributed by atoms with Crippen molar-refractivity contribution in [3.8, 4) is 5.69 Å². The normalized spacial score (nSPS) is 10.5. The Morgan fingerprint density at radius 2 is 1.96 bits per heavy atom. The fourth-order valence-electron chi connectivity index (χ4n) is 2.56. The molecule has 4 nitrogen and oxygen atoms in total. The second-order valence-electron chi connectivity index (χ2n) is 5.72. The van der Waals surface area contributed by atoms with Crippen LogP contribution in [0.1, 0.15) is 15.9 Å². The zero-order chi connectivity index (χ0) is 18.5. The van der Waals surface area contributed by atoms with Gasteiger partial charge in [0.2, 0.25) is 0 Å². The molecule has 6 heteroatoms. The molecule has 26 heavy (non-hydrogen) atoms. The van der Waals surface area contributed by atoms with Gasteiger partial charge in [0.05, 0.1) is 17.4 Å². The number of hydrogen-bond donors (Lipinski definition) is 0. The van der Waals surface area contributed by atoms with Crippen LogP contribution in [0.4, 0.5) is 4.39 Å². The van der Waals surface area contributed by atoms with Gasteiger partial charge in [0.1, 0.15) is 5.82 Å². The number of carbonyl (C=O) groups is 1. The van der Waals surface area contributed by atoms with E-state index in [-0.39, 0.29) is 18.3 Å². The molecule has 0 saturated carbocycles. The Morgan fingerprint density at radius 1 is 1.23 bits per heavy atom. The largest absolute Gasteiger partial charge is 0.330 e. The molecule has 0 atom stereocenters. The molecule has 0 radical (unpaired) electrons. The molecule has 0 bridgehead atoms. The predicted octanol–water partition coefficient (Wildman–Crippen LogP) is 4.49. The standard InChI is InChI=1S/C20H17ClFN3O/c1-2-11-24(13-15-5-3-4-6-19(15)22)20(26)16-12-23-25(14-16)18-9-7-17(21)8-10-18/h2-10,12,14H,1,11,13H2. The Morgan fingerprint density at radius 3 is 2.65 bits per heavy atom. The molecule has 3 aromatic rings. The maximum absolute atomic E-state index is 13.9. The van der Waals surface area contributed by atoms with Crippen molar-refractivity contribution in [1.82, 2.24) is 14.7 Å². The third kappa shape index (κ3) is 4.00. The van der Waals surface area contributed by atoms with E-state index >= 15 is 0 Å². The lowest BCUT2D eigenvalue weighted by molar-refractivity contribution is 0.0761. The third-order valence-electron chi connectivity index (χ3n) is 3.88. The van der Waals surface area contributed by atoms with Crippen molar-refractivity contribution < 1.29 is 9.18 Å². The number of amides is 1. The Bertz CT molecular complexity index is 921. The molecule has 0 aliphatic rings. The summed E-state index contributed by atoms with van der Waals surface area (Å²) in [7, 11) is 0. The first-order chi connectivity index (χ1) is 12.6. The minimum Gasteiger partial charge on any atom is -0.330 e. The summed E-state index contributed by atoms with van der Waals surface area (Å²) in [4.78, 5) is 14.4. The summed E-state index contributed by atoms with van der Waals surface area (Å²) in [5.41, 5.74) is 1.66. The van der Waals surface area contributed by atoms with Gasteiger partial charge in [0.25, 0.3) is 5.91 Å². The van der Waals surface area contributed by atoms with Gasteiger partial charge < -0.3 is 4.90 Å². The second kappa shape index (κ2) is 7.97. The van der Waals surface area contributed by atoms with Crippen LogP contribution in [0.2, 0.25) is 5.02 Å². The van der Waals surface area contributed by atoms with Gasteiger partial charge in [-0.1, -0.05) is 35.9 Å². The van der Waals surface area contributed by atoms with Crippen LogP contribution in [0.3, 0.4) is 0 Å². The van der Waals surface area contributed by atoms with Crippen molar-refractivity contribution >= 4 is 17.5 Å². The summed E-state index contributed by atoms with van der Waals surface area (Å²) in [6, 6.07) is 13.5. The fraction of sp³-hybridized carbons (Fsp3) is 0.100. The van der Waals surface area contributed by atoms with Crippen molar-refractivity contribution in [3.05, 3.63) is 95.5 Å². The molecule has 0 aliphatic heterocycles. The highest BCUT2D eigenvalue weighted by Gasteiger charge is 2.18. The summed E-state index contributed by atoms with van der Waals surface area (Å²) in [5.74, 6) is -0.584. The number of benzene rings is 2. The van der Waals surface area contributed by atoms with E-state index in [4.69, 9.17) is 11.6 Å². The van der Waals surface area contributed by atoms with E-state index in [0.29, 0.717) is 22.7 Å². The van der Waals surface area contributed by atoms with Crippen LogP contribution in [0.25, 0.3) is 5.69 Å². The number of halogens is 2. The molecular weight excluding hydrogens is 353 g/mol. The average molecular weight is 370 g/mol. The number of hydrogen-bond acceptors (Lipinski definition) is 2. The number of carbonyl (C=O) groups excluding carboxylic acids is 1. The smallest absolute Gasteiger partial charge is 0.257 e. The van der Waals surface area contributed by atoms with Crippen molar-refractivity contribution in [2.75, 3.05) is 6.54 Å². The molecule has 2 aromatic carbocycles. The van der Waals surface area contributed by atoms with Crippen molar-refractivity contribution in [2.24, 2.45) is 0 Å². The maximum atomic E-state index is 13.9. The summed E-state index contributed by atoms with van der Waals surface area (Å²) in [5, 5.41) is 4.85. The van der Waals surface area contributed by atoms with Crippen LogP contribution in [0.5, 0.6) is 0 Å².